The largest absolute Gasteiger partial charge is 0.357 e. The second-order valence-corrected chi connectivity index (χ2v) is 5.61. The van der Waals surface area contributed by atoms with Crippen LogP contribution in [0.25, 0.3) is 10.9 Å². The molecule has 0 saturated carbocycles. The smallest absolute Gasteiger partial charge is 0.0459 e. The van der Waals surface area contributed by atoms with Crippen molar-refractivity contribution in [3.8, 4) is 0 Å². The molecule has 4 nitrogen and oxygen atoms in total. The lowest BCUT2D eigenvalue weighted by Crippen LogP contribution is -2.43. The van der Waals surface area contributed by atoms with Gasteiger partial charge in [-0.05, 0) is 44.0 Å². The number of aromatic nitrogens is 1. The van der Waals surface area contributed by atoms with Crippen molar-refractivity contribution in [1.82, 2.24) is 15.6 Å². The van der Waals surface area contributed by atoms with Gasteiger partial charge in [-0.25, -0.2) is 0 Å². The van der Waals surface area contributed by atoms with Crippen molar-refractivity contribution in [2.24, 2.45) is 5.73 Å². The third-order valence-corrected chi connectivity index (χ3v) is 4.12. The topological polar surface area (TPSA) is 65.9 Å². The third kappa shape index (κ3) is 2.87. The Kier molecular flexibility index (Phi) is 4.35. The molecule has 1 aromatic heterocycles. The molecule has 0 amide bonds. The van der Waals surface area contributed by atoms with E-state index in [0.29, 0.717) is 6.04 Å². The van der Waals surface area contributed by atoms with Crippen molar-refractivity contribution in [3.05, 3.63) is 35.5 Å². The maximum Gasteiger partial charge on any atom is 0.0459 e. The van der Waals surface area contributed by atoms with Crippen LogP contribution in [-0.2, 0) is 13.0 Å². The summed E-state index contributed by atoms with van der Waals surface area (Å²) in [5, 5.41) is 8.53. The van der Waals surface area contributed by atoms with Crippen molar-refractivity contribution in [3.63, 3.8) is 0 Å². The summed E-state index contributed by atoms with van der Waals surface area (Å²) in [6.45, 7) is 3.83. The number of H-pyrrole nitrogens is 1. The summed E-state index contributed by atoms with van der Waals surface area (Å²) in [7, 11) is 0. The second-order valence-electron chi connectivity index (χ2n) is 5.61. The summed E-state index contributed by atoms with van der Waals surface area (Å²) in [5.41, 5.74) is 9.61. The van der Waals surface area contributed by atoms with Crippen LogP contribution in [-0.4, -0.2) is 30.7 Å². The Labute approximate surface area is 120 Å². The first-order valence-electron chi connectivity index (χ1n) is 7.61. The fraction of sp³-hybridized carbons (Fsp3) is 0.500. The van der Waals surface area contributed by atoms with E-state index in [4.69, 9.17) is 5.73 Å². The van der Waals surface area contributed by atoms with Gasteiger partial charge in [-0.3, -0.25) is 0 Å². The number of benzene rings is 1. The van der Waals surface area contributed by atoms with E-state index in [9.17, 15) is 0 Å². The fourth-order valence-electron chi connectivity index (χ4n) is 3.02. The van der Waals surface area contributed by atoms with Crippen LogP contribution in [0.2, 0.25) is 0 Å². The lowest BCUT2D eigenvalue weighted by atomic mass is 9.98. The van der Waals surface area contributed by atoms with Crippen molar-refractivity contribution in [2.45, 2.75) is 31.8 Å². The molecule has 0 spiro atoms. The molecule has 0 aliphatic carbocycles. The molecule has 0 radical (unpaired) electrons. The average Bonchev–Trinajstić information content (AvgIpc) is 2.85. The quantitative estimate of drug-likeness (QED) is 0.603. The molecule has 0 bridgehead atoms. The summed E-state index contributed by atoms with van der Waals surface area (Å²) < 4.78 is 0. The van der Waals surface area contributed by atoms with E-state index in [1.165, 1.54) is 28.6 Å². The molecule has 1 atom stereocenters. The van der Waals surface area contributed by atoms with Crippen LogP contribution in [0.5, 0.6) is 0 Å². The van der Waals surface area contributed by atoms with E-state index < -0.39 is 0 Å². The first kappa shape index (κ1) is 13.6. The Morgan fingerprint density at radius 2 is 2.15 bits per heavy atom. The predicted molar refractivity (Wildman–Crippen MR) is 83.8 cm³/mol. The second kappa shape index (κ2) is 6.39. The molecule has 4 heteroatoms. The number of para-hydroxylation sites is 1. The van der Waals surface area contributed by atoms with Crippen LogP contribution in [0.1, 0.15) is 24.1 Å². The number of hydrogen-bond acceptors (Lipinski definition) is 3. The van der Waals surface area contributed by atoms with E-state index in [-0.39, 0.29) is 0 Å². The van der Waals surface area contributed by atoms with Gasteiger partial charge in [0.1, 0.15) is 0 Å². The third-order valence-electron chi connectivity index (χ3n) is 4.12. The normalized spacial score (nSPS) is 18.4. The SMILES string of the molecule is NCCCCNCC1Cc2c([nH]c3ccccc23)CN1. The molecule has 108 valence electrons. The van der Waals surface area contributed by atoms with Gasteiger partial charge in [0, 0.05) is 35.7 Å². The fourth-order valence-corrected chi connectivity index (χ4v) is 3.02. The number of hydrogen-bond donors (Lipinski definition) is 4. The van der Waals surface area contributed by atoms with E-state index in [1.807, 2.05) is 0 Å². The molecule has 5 N–H and O–H groups in total. The molecule has 0 fully saturated rings. The molecule has 1 aliphatic heterocycles. The zero-order valence-corrected chi connectivity index (χ0v) is 11.9. The summed E-state index contributed by atoms with van der Waals surface area (Å²) in [6.07, 6.45) is 3.38. The van der Waals surface area contributed by atoms with Gasteiger partial charge in [-0.1, -0.05) is 18.2 Å². The van der Waals surface area contributed by atoms with Gasteiger partial charge in [0.15, 0.2) is 0 Å². The monoisotopic (exact) mass is 272 g/mol. The first-order valence-corrected chi connectivity index (χ1v) is 7.61. The van der Waals surface area contributed by atoms with Crippen LogP contribution in [0.15, 0.2) is 24.3 Å². The molecule has 20 heavy (non-hydrogen) atoms. The Morgan fingerprint density at radius 1 is 1.25 bits per heavy atom. The zero-order chi connectivity index (χ0) is 13.8. The summed E-state index contributed by atoms with van der Waals surface area (Å²) in [5.74, 6) is 0. The standard InChI is InChI=1S/C16H24N4/c17-7-3-4-8-18-10-12-9-14-13-5-1-2-6-15(13)20-16(14)11-19-12/h1-2,5-6,12,18-20H,3-4,7-11,17H2. The van der Waals surface area contributed by atoms with Gasteiger partial charge in [0.05, 0.1) is 0 Å². The van der Waals surface area contributed by atoms with Gasteiger partial charge in [-0.15, -0.1) is 0 Å². The molecule has 0 saturated heterocycles. The molecule has 3 rings (SSSR count). The number of rotatable bonds is 6. The summed E-state index contributed by atoms with van der Waals surface area (Å²) >= 11 is 0. The molecular weight excluding hydrogens is 248 g/mol. The van der Waals surface area contributed by atoms with E-state index in [1.54, 1.807) is 0 Å². The first-order chi connectivity index (χ1) is 9.88. The zero-order valence-electron chi connectivity index (χ0n) is 11.9. The summed E-state index contributed by atoms with van der Waals surface area (Å²) in [6, 6.07) is 9.13. The van der Waals surface area contributed by atoms with Gasteiger partial charge in [0.2, 0.25) is 0 Å². The highest BCUT2D eigenvalue weighted by Crippen LogP contribution is 2.26. The minimum atomic E-state index is 0.527. The highest BCUT2D eigenvalue weighted by molar-refractivity contribution is 5.84. The molecule has 1 unspecified atom stereocenters. The highest BCUT2D eigenvalue weighted by Gasteiger charge is 2.21. The minimum absolute atomic E-state index is 0.527. The van der Waals surface area contributed by atoms with E-state index in [2.05, 4.69) is 39.9 Å². The number of fused-ring (bicyclic) bond motifs is 3. The molecule has 2 heterocycles. The highest BCUT2D eigenvalue weighted by atomic mass is 15.0. The van der Waals surface area contributed by atoms with Crippen molar-refractivity contribution in [1.29, 1.82) is 0 Å². The van der Waals surface area contributed by atoms with E-state index >= 15 is 0 Å². The minimum Gasteiger partial charge on any atom is -0.357 e. The van der Waals surface area contributed by atoms with Crippen LogP contribution in [0, 0.1) is 0 Å². The molecule has 1 aromatic carbocycles. The number of nitrogens with two attached hydrogens (primary N) is 1. The molecular formula is C16H24N4. The number of nitrogens with one attached hydrogen (secondary N) is 3. The van der Waals surface area contributed by atoms with Crippen LogP contribution < -0.4 is 16.4 Å². The predicted octanol–water partition coefficient (Wildman–Crippen LogP) is 1.51. The van der Waals surface area contributed by atoms with Crippen molar-refractivity contribution >= 4 is 10.9 Å². The molecule has 2 aromatic rings. The lowest BCUT2D eigenvalue weighted by Gasteiger charge is -2.24. The number of unbranched alkanes of at least 4 members (excludes halogenated alkanes) is 1. The summed E-state index contributed by atoms with van der Waals surface area (Å²) in [4.78, 5) is 3.52. The van der Waals surface area contributed by atoms with Crippen molar-refractivity contribution in [2.75, 3.05) is 19.6 Å². The van der Waals surface area contributed by atoms with Gasteiger partial charge < -0.3 is 21.4 Å². The van der Waals surface area contributed by atoms with Crippen LogP contribution in [0.4, 0.5) is 0 Å². The Morgan fingerprint density at radius 3 is 3.05 bits per heavy atom. The average molecular weight is 272 g/mol. The lowest BCUT2D eigenvalue weighted by molar-refractivity contribution is 0.443. The number of aromatic amines is 1. The van der Waals surface area contributed by atoms with Crippen LogP contribution in [0.3, 0.4) is 0 Å². The Hall–Kier alpha value is -1.36. The van der Waals surface area contributed by atoms with Gasteiger partial charge in [-0.2, -0.15) is 0 Å². The maximum absolute atomic E-state index is 5.50. The maximum atomic E-state index is 5.50. The Bertz CT molecular complexity index is 561. The van der Waals surface area contributed by atoms with E-state index in [0.717, 1.165) is 39.0 Å². The van der Waals surface area contributed by atoms with Crippen LogP contribution >= 0.6 is 0 Å². The molecule has 1 aliphatic rings. The Balaban J connectivity index is 1.60. The van der Waals surface area contributed by atoms with Gasteiger partial charge in [0.25, 0.3) is 0 Å². The van der Waals surface area contributed by atoms with Gasteiger partial charge >= 0.3 is 0 Å². The van der Waals surface area contributed by atoms with Crippen molar-refractivity contribution < 1.29 is 0 Å².